The molecule has 0 bridgehead atoms. The Morgan fingerprint density at radius 2 is 2.08 bits per heavy atom. The van der Waals surface area contributed by atoms with Crippen LogP contribution in [0.5, 0.6) is 0 Å². The van der Waals surface area contributed by atoms with Crippen LogP contribution < -0.4 is 0 Å². The summed E-state index contributed by atoms with van der Waals surface area (Å²) < 4.78 is 0. The maximum atomic E-state index is 2.40. The summed E-state index contributed by atoms with van der Waals surface area (Å²) in [5, 5.41) is 0. The molecule has 3 atom stereocenters. The molecule has 0 radical (unpaired) electrons. The minimum Gasteiger partial charge on any atom is -0.0880 e. The number of hydrogen-bond acceptors (Lipinski definition) is 0. The summed E-state index contributed by atoms with van der Waals surface area (Å²) >= 11 is 0. The topological polar surface area (TPSA) is 0 Å². The van der Waals surface area contributed by atoms with Crippen molar-refractivity contribution in [3.05, 3.63) is 12.2 Å². The molecule has 0 N–H and O–H groups in total. The van der Waals surface area contributed by atoms with E-state index in [0.717, 1.165) is 23.7 Å². The van der Waals surface area contributed by atoms with Crippen LogP contribution in [0.1, 0.15) is 40.5 Å². The van der Waals surface area contributed by atoms with E-state index in [0.29, 0.717) is 0 Å². The van der Waals surface area contributed by atoms with Crippen molar-refractivity contribution >= 4 is 0 Å². The van der Waals surface area contributed by atoms with E-state index in [1.54, 1.807) is 0 Å². The van der Waals surface area contributed by atoms with Crippen LogP contribution in [0.4, 0.5) is 0 Å². The average molecular weight is 166 g/mol. The highest BCUT2D eigenvalue weighted by atomic mass is 14.3. The minimum atomic E-state index is 0.802. The first-order valence-corrected chi connectivity index (χ1v) is 5.33. The van der Waals surface area contributed by atoms with Crippen LogP contribution in [0.3, 0.4) is 0 Å². The summed E-state index contributed by atoms with van der Waals surface area (Å²) in [5.74, 6) is 3.50. The summed E-state index contributed by atoms with van der Waals surface area (Å²) in [6.07, 6.45) is 7.42. The van der Waals surface area contributed by atoms with Crippen molar-refractivity contribution in [1.29, 1.82) is 0 Å². The quantitative estimate of drug-likeness (QED) is 0.546. The molecule has 0 nitrogen and oxygen atoms in total. The van der Waals surface area contributed by atoms with Gasteiger partial charge in [-0.05, 0) is 30.1 Å². The van der Waals surface area contributed by atoms with Crippen LogP contribution >= 0.6 is 0 Å². The van der Waals surface area contributed by atoms with Gasteiger partial charge in [0.05, 0.1) is 0 Å². The molecule has 0 aliphatic heterocycles. The molecule has 70 valence electrons. The van der Waals surface area contributed by atoms with E-state index in [4.69, 9.17) is 0 Å². The molecule has 0 amide bonds. The lowest BCUT2D eigenvalue weighted by Crippen LogP contribution is -2.26. The van der Waals surface area contributed by atoms with E-state index in [1.165, 1.54) is 12.8 Å². The fourth-order valence-corrected chi connectivity index (χ4v) is 2.60. The highest BCUT2D eigenvalue weighted by Crippen LogP contribution is 2.36. The van der Waals surface area contributed by atoms with E-state index < -0.39 is 0 Å². The highest BCUT2D eigenvalue weighted by molar-refractivity contribution is 4.99. The summed E-state index contributed by atoms with van der Waals surface area (Å²) in [5.41, 5.74) is 0. The fraction of sp³-hybridized carbons (Fsp3) is 0.833. The Morgan fingerprint density at radius 1 is 1.42 bits per heavy atom. The molecule has 0 heteroatoms. The third-order valence-electron chi connectivity index (χ3n) is 3.40. The molecule has 0 saturated heterocycles. The molecule has 0 spiro atoms. The third kappa shape index (κ3) is 1.91. The van der Waals surface area contributed by atoms with Crippen LogP contribution in [-0.4, -0.2) is 0 Å². The van der Waals surface area contributed by atoms with Gasteiger partial charge in [0.15, 0.2) is 0 Å². The van der Waals surface area contributed by atoms with E-state index in [1.807, 2.05) is 0 Å². The Kier molecular flexibility index (Phi) is 3.37. The summed E-state index contributed by atoms with van der Waals surface area (Å²) in [6, 6.07) is 0. The largest absolute Gasteiger partial charge is 0.0880 e. The predicted molar refractivity (Wildman–Crippen MR) is 55.0 cm³/mol. The van der Waals surface area contributed by atoms with Crippen LogP contribution in [0, 0.1) is 23.7 Å². The standard InChI is InChI=1S/C12H22/c1-5-11-10(4)7-6-8-12(11)9(2)3/h6-7,9-12H,5,8H2,1-4H3/t10?,11-,12+/m0/s1. The first-order chi connectivity index (χ1) is 5.66. The minimum absolute atomic E-state index is 0.802. The molecule has 0 fully saturated rings. The SMILES string of the molecule is CC[C@H]1C(C)C=CC[C@@H]1C(C)C. The van der Waals surface area contributed by atoms with Gasteiger partial charge in [-0.25, -0.2) is 0 Å². The molecule has 1 aliphatic rings. The van der Waals surface area contributed by atoms with Gasteiger partial charge in [-0.3, -0.25) is 0 Å². The van der Waals surface area contributed by atoms with Crippen molar-refractivity contribution in [3.63, 3.8) is 0 Å². The van der Waals surface area contributed by atoms with E-state index in [9.17, 15) is 0 Å². The van der Waals surface area contributed by atoms with Gasteiger partial charge in [-0.1, -0.05) is 46.3 Å². The zero-order valence-corrected chi connectivity index (χ0v) is 8.88. The van der Waals surface area contributed by atoms with Gasteiger partial charge in [0, 0.05) is 0 Å². The second-order valence-corrected chi connectivity index (χ2v) is 4.50. The van der Waals surface area contributed by atoms with E-state index in [-0.39, 0.29) is 0 Å². The Balaban J connectivity index is 2.67. The van der Waals surface area contributed by atoms with Crippen molar-refractivity contribution in [2.75, 3.05) is 0 Å². The molecular weight excluding hydrogens is 144 g/mol. The molecule has 0 aromatic heterocycles. The van der Waals surface area contributed by atoms with Gasteiger partial charge in [-0.2, -0.15) is 0 Å². The Labute approximate surface area is 77.1 Å². The lowest BCUT2D eigenvalue weighted by molar-refractivity contribution is 0.194. The maximum Gasteiger partial charge on any atom is -0.0231 e. The first kappa shape index (κ1) is 9.83. The molecule has 1 aliphatic carbocycles. The predicted octanol–water partition coefficient (Wildman–Crippen LogP) is 3.88. The molecule has 1 unspecified atom stereocenters. The summed E-state index contributed by atoms with van der Waals surface area (Å²) in [4.78, 5) is 0. The van der Waals surface area contributed by atoms with Crippen molar-refractivity contribution in [2.24, 2.45) is 23.7 Å². The third-order valence-corrected chi connectivity index (χ3v) is 3.40. The normalized spacial score (nSPS) is 35.9. The molecule has 0 aromatic carbocycles. The summed E-state index contributed by atoms with van der Waals surface area (Å²) in [7, 11) is 0. The first-order valence-electron chi connectivity index (χ1n) is 5.33. The van der Waals surface area contributed by atoms with Gasteiger partial charge in [0.25, 0.3) is 0 Å². The van der Waals surface area contributed by atoms with Gasteiger partial charge in [0.1, 0.15) is 0 Å². The zero-order valence-electron chi connectivity index (χ0n) is 8.88. The van der Waals surface area contributed by atoms with Gasteiger partial charge in [0.2, 0.25) is 0 Å². The molecule has 12 heavy (non-hydrogen) atoms. The van der Waals surface area contributed by atoms with Crippen LogP contribution in [0.2, 0.25) is 0 Å². The Hall–Kier alpha value is -0.260. The van der Waals surface area contributed by atoms with Crippen molar-refractivity contribution < 1.29 is 0 Å². The van der Waals surface area contributed by atoms with Gasteiger partial charge in [-0.15, -0.1) is 0 Å². The lowest BCUT2D eigenvalue weighted by atomic mass is 9.70. The van der Waals surface area contributed by atoms with E-state index in [2.05, 4.69) is 39.8 Å². The fourth-order valence-electron chi connectivity index (χ4n) is 2.60. The Bertz CT molecular complexity index is 155. The smallest absolute Gasteiger partial charge is 0.0231 e. The van der Waals surface area contributed by atoms with Crippen LogP contribution in [-0.2, 0) is 0 Å². The Morgan fingerprint density at radius 3 is 2.50 bits per heavy atom. The van der Waals surface area contributed by atoms with Crippen molar-refractivity contribution in [1.82, 2.24) is 0 Å². The number of rotatable bonds is 2. The van der Waals surface area contributed by atoms with E-state index >= 15 is 0 Å². The number of allylic oxidation sites excluding steroid dienone is 2. The lowest BCUT2D eigenvalue weighted by Gasteiger charge is -2.35. The van der Waals surface area contributed by atoms with Crippen LogP contribution in [0.15, 0.2) is 12.2 Å². The van der Waals surface area contributed by atoms with Gasteiger partial charge < -0.3 is 0 Å². The monoisotopic (exact) mass is 166 g/mol. The zero-order chi connectivity index (χ0) is 9.14. The molecule has 0 aromatic rings. The van der Waals surface area contributed by atoms with Crippen LogP contribution in [0.25, 0.3) is 0 Å². The molecule has 0 saturated carbocycles. The average Bonchev–Trinajstić information content (AvgIpc) is 2.03. The molecule has 1 rings (SSSR count). The maximum absolute atomic E-state index is 2.40. The summed E-state index contributed by atoms with van der Waals surface area (Å²) in [6.45, 7) is 9.41. The van der Waals surface area contributed by atoms with Gasteiger partial charge >= 0.3 is 0 Å². The number of hydrogen-bond donors (Lipinski definition) is 0. The van der Waals surface area contributed by atoms with Crippen molar-refractivity contribution in [3.8, 4) is 0 Å². The van der Waals surface area contributed by atoms with Crippen molar-refractivity contribution in [2.45, 2.75) is 40.5 Å². The molecule has 0 heterocycles. The highest BCUT2D eigenvalue weighted by Gasteiger charge is 2.27. The second kappa shape index (κ2) is 4.11. The second-order valence-electron chi connectivity index (χ2n) is 4.50. The molecular formula is C12H22.